The molecule has 0 atom stereocenters. The molecule has 1 heterocycles. The van der Waals surface area contributed by atoms with Crippen LogP contribution in [0, 0.1) is 11.6 Å². The van der Waals surface area contributed by atoms with Crippen LogP contribution in [-0.4, -0.2) is 35.3 Å². The lowest BCUT2D eigenvalue weighted by Gasteiger charge is -2.17. The molecule has 0 aliphatic heterocycles. The van der Waals surface area contributed by atoms with E-state index < -0.39 is 17.5 Å². The summed E-state index contributed by atoms with van der Waals surface area (Å²) >= 11 is 0. The van der Waals surface area contributed by atoms with Crippen molar-refractivity contribution in [3.05, 3.63) is 65.5 Å². The predicted octanol–water partition coefficient (Wildman–Crippen LogP) is 2.14. The molecule has 126 valence electrons. The summed E-state index contributed by atoms with van der Waals surface area (Å²) < 4.78 is 26.3. The molecule has 1 N–H and O–H groups in total. The zero-order valence-electron chi connectivity index (χ0n) is 13.1. The average molecular weight is 333 g/mol. The number of nitrogens with one attached hydrogen (secondary N) is 1. The van der Waals surface area contributed by atoms with E-state index in [4.69, 9.17) is 0 Å². The van der Waals surface area contributed by atoms with Crippen molar-refractivity contribution in [3.8, 4) is 0 Å². The molecule has 0 fully saturated rings. The first-order valence-corrected chi connectivity index (χ1v) is 7.33. The largest absolute Gasteiger partial charge is 0.351 e. The van der Waals surface area contributed by atoms with Gasteiger partial charge in [-0.15, -0.1) is 0 Å². The highest BCUT2D eigenvalue weighted by Crippen LogP contribution is 2.09. The smallest absolute Gasteiger partial charge is 0.254 e. The molecule has 0 bridgehead atoms. The number of aromatic nitrogens is 1. The summed E-state index contributed by atoms with van der Waals surface area (Å²) in [5.74, 6) is -2.54. The third kappa shape index (κ3) is 4.84. The van der Waals surface area contributed by atoms with E-state index in [2.05, 4.69) is 10.3 Å². The van der Waals surface area contributed by atoms with Gasteiger partial charge in [-0.05, 0) is 23.8 Å². The van der Waals surface area contributed by atoms with Crippen LogP contribution >= 0.6 is 0 Å². The zero-order valence-corrected chi connectivity index (χ0v) is 13.1. The van der Waals surface area contributed by atoms with Crippen molar-refractivity contribution in [2.24, 2.45) is 0 Å². The Morgan fingerprint density at radius 1 is 1.25 bits per heavy atom. The molecule has 0 aliphatic carbocycles. The van der Waals surface area contributed by atoms with E-state index in [9.17, 15) is 18.4 Å². The van der Waals surface area contributed by atoms with E-state index in [-0.39, 0.29) is 24.4 Å². The number of halogens is 2. The van der Waals surface area contributed by atoms with Crippen molar-refractivity contribution in [1.29, 1.82) is 0 Å². The summed E-state index contributed by atoms with van der Waals surface area (Å²) in [6.45, 7) is 0.471. The molecule has 0 saturated heterocycles. The van der Waals surface area contributed by atoms with Gasteiger partial charge in [-0.2, -0.15) is 0 Å². The average Bonchev–Trinajstić information content (AvgIpc) is 2.55. The van der Waals surface area contributed by atoms with Crippen LogP contribution in [0.3, 0.4) is 0 Å². The van der Waals surface area contributed by atoms with E-state index in [0.717, 1.165) is 17.7 Å². The van der Waals surface area contributed by atoms with E-state index >= 15 is 0 Å². The molecule has 0 spiro atoms. The first-order chi connectivity index (χ1) is 11.5. The van der Waals surface area contributed by atoms with Crippen LogP contribution in [0.15, 0.2) is 42.7 Å². The second-order valence-corrected chi connectivity index (χ2v) is 5.24. The van der Waals surface area contributed by atoms with Gasteiger partial charge in [0.05, 0.1) is 5.56 Å². The Balaban J connectivity index is 1.80. The lowest BCUT2D eigenvalue weighted by atomic mass is 10.2. The summed E-state index contributed by atoms with van der Waals surface area (Å²) in [6.07, 6.45) is 3.39. The van der Waals surface area contributed by atoms with Crippen molar-refractivity contribution in [1.82, 2.24) is 15.2 Å². The van der Waals surface area contributed by atoms with Gasteiger partial charge in [-0.1, -0.05) is 6.07 Å². The maximum Gasteiger partial charge on any atom is 0.254 e. The molecular weight excluding hydrogens is 316 g/mol. The molecule has 0 saturated carbocycles. The minimum Gasteiger partial charge on any atom is -0.351 e. The van der Waals surface area contributed by atoms with Gasteiger partial charge in [0, 0.05) is 45.0 Å². The zero-order chi connectivity index (χ0) is 17.5. The maximum atomic E-state index is 13.5. The fourth-order valence-corrected chi connectivity index (χ4v) is 2.10. The first kappa shape index (κ1) is 17.5. The highest BCUT2D eigenvalue weighted by atomic mass is 19.1. The van der Waals surface area contributed by atoms with Gasteiger partial charge < -0.3 is 10.2 Å². The monoisotopic (exact) mass is 333 g/mol. The van der Waals surface area contributed by atoms with Crippen LogP contribution in [0.2, 0.25) is 0 Å². The Labute approximate surface area is 138 Å². The molecule has 7 heteroatoms. The Kier molecular flexibility index (Phi) is 5.95. The van der Waals surface area contributed by atoms with Crippen LogP contribution in [0.25, 0.3) is 0 Å². The van der Waals surface area contributed by atoms with Crippen molar-refractivity contribution in [2.75, 3.05) is 13.6 Å². The Hall–Kier alpha value is -2.83. The van der Waals surface area contributed by atoms with Crippen LogP contribution in [0.1, 0.15) is 22.3 Å². The summed E-state index contributed by atoms with van der Waals surface area (Å²) in [6, 6.07) is 6.35. The van der Waals surface area contributed by atoms with Gasteiger partial charge in [0.25, 0.3) is 5.91 Å². The topological polar surface area (TPSA) is 62.3 Å². The van der Waals surface area contributed by atoms with Crippen molar-refractivity contribution in [2.45, 2.75) is 13.0 Å². The quantitative estimate of drug-likeness (QED) is 0.881. The van der Waals surface area contributed by atoms with Crippen LogP contribution in [0.5, 0.6) is 0 Å². The lowest BCUT2D eigenvalue weighted by Crippen LogP contribution is -2.32. The molecule has 0 unspecified atom stereocenters. The van der Waals surface area contributed by atoms with Crippen LogP contribution < -0.4 is 5.32 Å². The van der Waals surface area contributed by atoms with E-state index in [1.54, 1.807) is 25.5 Å². The van der Waals surface area contributed by atoms with Crippen molar-refractivity contribution < 1.29 is 18.4 Å². The predicted molar refractivity (Wildman–Crippen MR) is 84.0 cm³/mol. The highest BCUT2D eigenvalue weighted by molar-refractivity contribution is 5.94. The molecular formula is C17H17F2N3O2. The number of amides is 2. The maximum absolute atomic E-state index is 13.5. The number of pyridine rings is 1. The summed E-state index contributed by atoms with van der Waals surface area (Å²) in [4.78, 5) is 29.3. The SMILES string of the molecule is CN(Cc1cccnc1)C(=O)CCNC(=O)c1ccc(F)cc1F. The molecule has 2 rings (SSSR count). The third-order valence-electron chi connectivity index (χ3n) is 3.37. The number of nitrogens with zero attached hydrogens (tertiary/aromatic N) is 2. The minimum atomic E-state index is -0.937. The summed E-state index contributed by atoms with van der Waals surface area (Å²) in [5, 5.41) is 2.45. The van der Waals surface area contributed by atoms with Gasteiger partial charge in [0.1, 0.15) is 11.6 Å². The van der Waals surface area contributed by atoms with Gasteiger partial charge in [0.2, 0.25) is 5.91 Å². The Bertz CT molecular complexity index is 723. The molecule has 0 aliphatic rings. The van der Waals surface area contributed by atoms with Crippen LogP contribution in [0.4, 0.5) is 8.78 Å². The summed E-state index contributed by atoms with van der Waals surface area (Å²) in [5.41, 5.74) is 0.637. The van der Waals surface area contributed by atoms with Gasteiger partial charge >= 0.3 is 0 Å². The van der Waals surface area contributed by atoms with Crippen molar-refractivity contribution in [3.63, 3.8) is 0 Å². The van der Waals surface area contributed by atoms with Gasteiger partial charge in [0.15, 0.2) is 0 Å². The molecule has 24 heavy (non-hydrogen) atoms. The molecule has 2 aromatic rings. The second-order valence-electron chi connectivity index (χ2n) is 5.24. The highest BCUT2D eigenvalue weighted by Gasteiger charge is 2.14. The summed E-state index contributed by atoms with van der Waals surface area (Å²) in [7, 11) is 1.65. The first-order valence-electron chi connectivity index (χ1n) is 7.33. The van der Waals surface area contributed by atoms with E-state index in [1.807, 2.05) is 6.07 Å². The molecule has 2 amide bonds. The van der Waals surface area contributed by atoms with Gasteiger partial charge in [-0.25, -0.2) is 8.78 Å². The Morgan fingerprint density at radius 2 is 2.04 bits per heavy atom. The fourth-order valence-electron chi connectivity index (χ4n) is 2.10. The number of hydrogen-bond donors (Lipinski definition) is 1. The number of rotatable bonds is 6. The van der Waals surface area contributed by atoms with Crippen molar-refractivity contribution >= 4 is 11.8 Å². The second kappa shape index (κ2) is 8.14. The Morgan fingerprint density at radius 3 is 2.71 bits per heavy atom. The molecule has 1 aromatic heterocycles. The number of benzene rings is 1. The fraction of sp³-hybridized carbons (Fsp3) is 0.235. The number of carbonyl (C=O) groups is 2. The standard InChI is InChI=1S/C17H17F2N3O2/c1-22(11-12-3-2-7-20-10-12)16(23)6-8-21-17(24)14-5-4-13(18)9-15(14)19/h2-5,7,9-10H,6,8,11H2,1H3,(H,21,24). The van der Waals surface area contributed by atoms with E-state index in [0.29, 0.717) is 12.6 Å². The lowest BCUT2D eigenvalue weighted by molar-refractivity contribution is -0.130. The van der Waals surface area contributed by atoms with E-state index in [1.165, 1.54) is 4.90 Å². The van der Waals surface area contributed by atoms with Gasteiger partial charge in [-0.3, -0.25) is 14.6 Å². The third-order valence-corrected chi connectivity index (χ3v) is 3.37. The molecule has 1 aromatic carbocycles. The number of carbonyl (C=O) groups excluding carboxylic acids is 2. The minimum absolute atomic E-state index is 0.0614. The van der Waals surface area contributed by atoms with Crippen LogP contribution in [-0.2, 0) is 11.3 Å². The molecule has 0 radical (unpaired) electrons. The normalized spacial score (nSPS) is 10.3. The number of hydrogen-bond acceptors (Lipinski definition) is 3. The molecule has 5 nitrogen and oxygen atoms in total.